The summed E-state index contributed by atoms with van der Waals surface area (Å²) in [6.45, 7) is 4.45. The van der Waals surface area contributed by atoms with Crippen molar-refractivity contribution >= 4 is 0 Å². The highest BCUT2D eigenvalue weighted by Gasteiger charge is 2.41. The van der Waals surface area contributed by atoms with Crippen molar-refractivity contribution in [1.29, 1.82) is 0 Å². The Bertz CT molecular complexity index is 463. The predicted octanol–water partition coefficient (Wildman–Crippen LogP) is 4.56. The maximum absolute atomic E-state index is 3.79. The molecule has 92 valence electrons. The summed E-state index contributed by atoms with van der Waals surface area (Å²) >= 11 is 0. The van der Waals surface area contributed by atoms with Gasteiger partial charge in [0.25, 0.3) is 0 Å². The Labute approximate surface area is 110 Å². The van der Waals surface area contributed by atoms with Crippen LogP contribution in [-0.2, 0) is 0 Å². The summed E-state index contributed by atoms with van der Waals surface area (Å²) in [5, 5.41) is 0. The molecule has 1 aromatic rings. The maximum Gasteiger partial charge on any atom is -0.000879 e. The van der Waals surface area contributed by atoms with E-state index in [4.69, 9.17) is 0 Å². The van der Waals surface area contributed by atoms with E-state index in [1.165, 1.54) is 17.5 Å². The fourth-order valence-corrected chi connectivity index (χ4v) is 3.38. The van der Waals surface area contributed by atoms with Crippen LogP contribution in [0.15, 0.2) is 48.6 Å². The van der Waals surface area contributed by atoms with Gasteiger partial charge in [0, 0.05) is 0 Å². The van der Waals surface area contributed by atoms with Crippen LogP contribution in [-0.4, -0.2) is 0 Å². The molecule has 0 N–H and O–H groups in total. The molecule has 2 aliphatic rings. The first-order valence-corrected chi connectivity index (χ1v) is 6.97. The van der Waals surface area contributed by atoms with E-state index in [1.54, 1.807) is 0 Å². The number of benzene rings is 1. The van der Waals surface area contributed by atoms with Crippen molar-refractivity contribution in [3.8, 4) is 0 Å². The average molecular weight is 236 g/mol. The smallest absolute Gasteiger partial charge is 0.000879 e. The third-order valence-electron chi connectivity index (χ3n) is 4.38. The van der Waals surface area contributed by atoms with Gasteiger partial charge in [-0.1, -0.05) is 67.5 Å². The van der Waals surface area contributed by atoms with Crippen LogP contribution in [0.1, 0.15) is 30.4 Å². The molecule has 1 aromatic carbocycles. The van der Waals surface area contributed by atoms with E-state index in [0.29, 0.717) is 23.7 Å². The Morgan fingerprint density at radius 1 is 1.06 bits per heavy atom. The molecule has 0 aromatic heterocycles. The number of rotatable bonds is 2. The molecule has 1 saturated carbocycles. The Balaban J connectivity index is 1.90. The highest BCUT2D eigenvalue weighted by Crippen LogP contribution is 2.50. The second-order valence-corrected chi connectivity index (χ2v) is 5.50. The van der Waals surface area contributed by atoms with Crippen LogP contribution >= 0.6 is 0 Å². The third-order valence-corrected chi connectivity index (χ3v) is 4.38. The van der Waals surface area contributed by atoms with Crippen molar-refractivity contribution in [3.05, 3.63) is 66.1 Å². The lowest BCUT2D eigenvalue weighted by atomic mass is 9.81. The van der Waals surface area contributed by atoms with Gasteiger partial charge in [0.05, 0.1) is 0 Å². The summed E-state index contributed by atoms with van der Waals surface area (Å²) in [6.07, 6.45) is 14.1. The first kappa shape index (κ1) is 11.8. The number of aryl methyl sites for hydroxylation is 1. The Morgan fingerprint density at radius 2 is 1.78 bits per heavy atom. The number of hydrogen-bond acceptors (Lipinski definition) is 0. The van der Waals surface area contributed by atoms with E-state index in [-0.39, 0.29) is 0 Å². The van der Waals surface area contributed by atoms with Gasteiger partial charge in [0.1, 0.15) is 0 Å². The fraction of sp³-hybridized carbons (Fsp3) is 0.389. The lowest BCUT2D eigenvalue weighted by Crippen LogP contribution is -2.14. The Hall–Kier alpha value is -1.30. The molecule has 0 aliphatic heterocycles. The molecule has 4 atom stereocenters. The van der Waals surface area contributed by atoms with E-state index in [9.17, 15) is 0 Å². The van der Waals surface area contributed by atoms with Crippen molar-refractivity contribution in [2.75, 3.05) is 0 Å². The van der Waals surface area contributed by atoms with Crippen molar-refractivity contribution in [2.24, 2.45) is 17.8 Å². The molecule has 1 fully saturated rings. The SMILES string of the molecule is CCC1C(c2ccc(C)cc2)[C]C2C=CC=CC21. The van der Waals surface area contributed by atoms with Crippen LogP contribution in [0.3, 0.4) is 0 Å². The summed E-state index contributed by atoms with van der Waals surface area (Å²) < 4.78 is 0. The standard InChI is InChI=1S/C18H20/c1-3-16-17-7-5-4-6-15(17)12-18(16)14-10-8-13(2)9-11-14/h4-11,15-18H,3H2,1-2H3. The summed E-state index contributed by atoms with van der Waals surface area (Å²) in [5.74, 6) is 2.38. The van der Waals surface area contributed by atoms with Gasteiger partial charge in [-0.15, -0.1) is 0 Å². The molecule has 0 bridgehead atoms. The zero-order chi connectivity index (χ0) is 12.5. The van der Waals surface area contributed by atoms with Crippen LogP contribution in [0.5, 0.6) is 0 Å². The number of allylic oxidation sites excluding steroid dienone is 4. The highest BCUT2D eigenvalue weighted by molar-refractivity contribution is 5.34. The molecule has 0 saturated heterocycles. The minimum atomic E-state index is 0.498. The van der Waals surface area contributed by atoms with Crippen LogP contribution in [0.25, 0.3) is 0 Å². The zero-order valence-corrected chi connectivity index (χ0v) is 11.1. The predicted molar refractivity (Wildman–Crippen MR) is 76.2 cm³/mol. The summed E-state index contributed by atoms with van der Waals surface area (Å²) in [5.41, 5.74) is 2.77. The van der Waals surface area contributed by atoms with E-state index in [1.807, 2.05) is 0 Å². The van der Waals surface area contributed by atoms with Crippen molar-refractivity contribution < 1.29 is 0 Å². The molecule has 18 heavy (non-hydrogen) atoms. The van der Waals surface area contributed by atoms with Crippen LogP contribution < -0.4 is 0 Å². The van der Waals surface area contributed by atoms with Gasteiger partial charge < -0.3 is 0 Å². The van der Waals surface area contributed by atoms with Crippen LogP contribution in [0.2, 0.25) is 0 Å². The molecular formula is C18H20. The first-order valence-electron chi connectivity index (χ1n) is 6.97. The zero-order valence-electron chi connectivity index (χ0n) is 11.1. The van der Waals surface area contributed by atoms with Crippen LogP contribution in [0, 0.1) is 31.1 Å². The molecule has 0 spiro atoms. The molecule has 0 heteroatoms. The topological polar surface area (TPSA) is 0 Å². The molecule has 2 aliphatic carbocycles. The van der Waals surface area contributed by atoms with Gasteiger partial charge in [-0.3, -0.25) is 0 Å². The molecule has 2 radical (unpaired) electrons. The molecule has 0 heterocycles. The quantitative estimate of drug-likeness (QED) is 0.706. The Morgan fingerprint density at radius 3 is 2.50 bits per heavy atom. The Kier molecular flexibility index (Phi) is 3.11. The van der Waals surface area contributed by atoms with Crippen LogP contribution in [0.4, 0.5) is 0 Å². The van der Waals surface area contributed by atoms with E-state index < -0.39 is 0 Å². The lowest BCUT2D eigenvalue weighted by Gasteiger charge is -2.23. The molecular weight excluding hydrogens is 216 g/mol. The van der Waals surface area contributed by atoms with Gasteiger partial charge in [-0.2, -0.15) is 0 Å². The van der Waals surface area contributed by atoms with Gasteiger partial charge in [-0.25, -0.2) is 0 Å². The summed E-state index contributed by atoms with van der Waals surface area (Å²) in [7, 11) is 0. The third kappa shape index (κ3) is 1.94. The van der Waals surface area contributed by atoms with Gasteiger partial charge in [0.2, 0.25) is 0 Å². The second-order valence-electron chi connectivity index (χ2n) is 5.50. The van der Waals surface area contributed by atoms with E-state index >= 15 is 0 Å². The highest BCUT2D eigenvalue weighted by atomic mass is 14.4. The number of fused-ring (bicyclic) bond motifs is 1. The van der Waals surface area contributed by atoms with Crippen molar-refractivity contribution in [3.63, 3.8) is 0 Å². The van der Waals surface area contributed by atoms with Gasteiger partial charge in [-0.05, 0) is 42.6 Å². The van der Waals surface area contributed by atoms with Crippen molar-refractivity contribution in [1.82, 2.24) is 0 Å². The minimum absolute atomic E-state index is 0.498. The minimum Gasteiger partial charge on any atom is -0.0805 e. The van der Waals surface area contributed by atoms with Gasteiger partial charge in [0.15, 0.2) is 0 Å². The van der Waals surface area contributed by atoms with Crippen molar-refractivity contribution in [2.45, 2.75) is 26.2 Å². The summed E-state index contributed by atoms with van der Waals surface area (Å²) in [4.78, 5) is 0. The molecule has 0 amide bonds. The number of hydrogen-bond donors (Lipinski definition) is 0. The van der Waals surface area contributed by atoms with Gasteiger partial charge >= 0.3 is 0 Å². The lowest BCUT2D eigenvalue weighted by molar-refractivity contribution is 0.384. The first-order chi connectivity index (χ1) is 8.79. The average Bonchev–Trinajstić information content (AvgIpc) is 2.78. The molecule has 3 rings (SSSR count). The largest absolute Gasteiger partial charge is 0.0805 e. The molecule has 4 unspecified atom stereocenters. The monoisotopic (exact) mass is 236 g/mol. The summed E-state index contributed by atoms with van der Waals surface area (Å²) in [6, 6.07) is 9.00. The normalized spacial score (nSPS) is 33.7. The van der Waals surface area contributed by atoms with E-state index in [0.717, 1.165) is 0 Å². The molecule has 0 nitrogen and oxygen atoms in total. The van der Waals surface area contributed by atoms with E-state index in [2.05, 4.69) is 68.8 Å². The fourth-order valence-electron chi connectivity index (χ4n) is 3.38. The second kappa shape index (κ2) is 4.76. The maximum atomic E-state index is 3.79.